The maximum Gasteiger partial charge on any atom is 0.306 e. The fraction of sp³-hybridized carbons (Fsp3) is 0.484. The standard InChI is InChI=1S/C31H36N8O3.C31H38N6O3/c1-31(2,3)42-27(40)16-22-18-38(13-11-23(22)35-36-32)30(41)21-9-10-25-24(14-21)34-29(37(25)4)26-15-20-6-5-12-33-28(20)39(26)17-19-7-8-19;1-31(2,3)40-27(38)16-22-18-36(13-11-23(22)32)30(39)21-9-10-25-24(14-21)34-29(35(25)4)26-15-20-6-5-12-33-28(20)37(26)17-19-7-8-19/h5-6,9-10,12,14-15,19,22-23H,7-8,11,13,16-18H2,1-4H3;5-6,9-10,12,14-15,19,22-23H,7-8,11,13,16-18,32H2,1-4H3/t2*22-,23+/m00/s1. The van der Waals surface area contributed by atoms with E-state index in [0.717, 1.165) is 80.3 Å². The number of aryl methyl sites for hydroxylation is 2. The first kappa shape index (κ1) is 55.8. The van der Waals surface area contributed by atoms with Gasteiger partial charge in [0.2, 0.25) is 0 Å². The van der Waals surface area contributed by atoms with E-state index in [1.54, 1.807) is 4.90 Å². The van der Waals surface area contributed by atoms with Crippen molar-refractivity contribution in [3.63, 3.8) is 0 Å². The van der Waals surface area contributed by atoms with Crippen LogP contribution in [-0.2, 0) is 46.2 Å². The second kappa shape index (κ2) is 22.3. The van der Waals surface area contributed by atoms with Crippen molar-refractivity contribution in [1.29, 1.82) is 0 Å². The van der Waals surface area contributed by atoms with E-state index in [4.69, 9.17) is 30.7 Å². The zero-order valence-corrected chi connectivity index (χ0v) is 48.3. The summed E-state index contributed by atoms with van der Waals surface area (Å²) in [5.74, 6) is 1.75. The molecule has 0 radical (unpaired) electrons. The molecule has 2 saturated heterocycles. The SMILES string of the molecule is Cn1c(-c2cc3cccnc3n2CC2CC2)nc2cc(C(=O)N3CC[C@@H](N)[C@@H](CC(=O)OC(C)(C)C)C3)ccc21.Cn1c(-c2cc3cccnc3n2CC2CC2)nc2cc(C(=O)N3CC[C@@H](N=[N+]=[N-])[C@@H](CC(=O)OC(C)(C)C)C3)ccc21. The highest BCUT2D eigenvalue weighted by Crippen LogP contribution is 2.38. The zero-order chi connectivity index (χ0) is 57.8. The summed E-state index contributed by atoms with van der Waals surface area (Å²) in [4.78, 5) is 78.2. The van der Waals surface area contributed by atoms with Gasteiger partial charge in [0.25, 0.3) is 11.8 Å². The first-order chi connectivity index (χ1) is 39.2. The molecule has 0 bridgehead atoms. The summed E-state index contributed by atoms with van der Waals surface area (Å²) >= 11 is 0. The molecule has 2 N–H and O–H groups in total. The number of likely N-dealkylation sites (tertiary alicyclic amines) is 2. The average molecular weight is 1110 g/mol. The van der Waals surface area contributed by atoms with Crippen molar-refractivity contribution < 1.29 is 28.7 Å². The maximum atomic E-state index is 13.7. The Bertz CT molecular complexity index is 3800. The third-order valence-electron chi connectivity index (χ3n) is 16.3. The van der Waals surface area contributed by atoms with Crippen molar-refractivity contribution in [2.75, 3.05) is 26.2 Å². The van der Waals surface area contributed by atoms with E-state index in [-0.39, 0.29) is 60.5 Å². The number of pyridine rings is 2. The monoisotopic (exact) mass is 1110 g/mol. The van der Waals surface area contributed by atoms with Crippen molar-refractivity contribution >= 4 is 67.9 Å². The number of esters is 2. The van der Waals surface area contributed by atoms with Crippen molar-refractivity contribution in [3.8, 4) is 23.0 Å². The highest BCUT2D eigenvalue weighted by atomic mass is 16.6. The third-order valence-corrected chi connectivity index (χ3v) is 16.3. The molecule has 4 aliphatic rings. The van der Waals surface area contributed by atoms with Gasteiger partial charge in [0, 0.05) is 111 Å². The number of nitrogens with zero attached hydrogens (tertiary/aromatic N) is 13. The largest absolute Gasteiger partial charge is 0.460 e. The molecule has 4 fully saturated rings. The summed E-state index contributed by atoms with van der Waals surface area (Å²) < 4.78 is 19.7. The summed E-state index contributed by atoms with van der Waals surface area (Å²) in [6.07, 6.45) is 10.1. The van der Waals surface area contributed by atoms with Crippen LogP contribution in [0.15, 0.2) is 90.3 Å². The Labute approximate surface area is 476 Å². The number of hydrogen-bond donors (Lipinski definition) is 1. The Morgan fingerprint density at radius 1 is 0.634 bits per heavy atom. The van der Waals surface area contributed by atoms with Gasteiger partial charge in [-0.1, -0.05) is 5.11 Å². The third kappa shape index (κ3) is 12.1. The number of aromatic nitrogens is 8. The van der Waals surface area contributed by atoms with Crippen LogP contribution in [0, 0.1) is 23.7 Å². The van der Waals surface area contributed by atoms with E-state index in [9.17, 15) is 19.2 Å². The number of fused-ring (bicyclic) bond motifs is 4. The molecule has 8 aromatic rings. The van der Waals surface area contributed by atoms with E-state index >= 15 is 0 Å². The summed E-state index contributed by atoms with van der Waals surface area (Å²) in [6.45, 7) is 14.6. The van der Waals surface area contributed by atoms with Gasteiger partial charge in [-0.15, -0.1) is 0 Å². The van der Waals surface area contributed by atoms with Crippen molar-refractivity contribution in [2.45, 2.75) is 129 Å². The Hall–Kier alpha value is -8.09. The lowest BCUT2D eigenvalue weighted by atomic mass is 9.89. The van der Waals surface area contributed by atoms with Gasteiger partial charge in [-0.2, -0.15) is 0 Å². The lowest BCUT2D eigenvalue weighted by Gasteiger charge is -2.37. The van der Waals surface area contributed by atoms with Crippen LogP contribution in [0.3, 0.4) is 0 Å². The number of benzene rings is 2. The van der Waals surface area contributed by atoms with Gasteiger partial charge in [-0.3, -0.25) is 19.2 Å². The molecule has 0 unspecified atom stereocenters. The van der Waals surface area contributed by atoms with E-state index in [1.165, 1.54) is 25.7 Å². The number of imidazole rings is 2. The molecule has 2 aliphatic heterocycles. The molecule has 12 rings (SSSR count). The fourth-order valence-electron chi connectivity index (χ4n) is 11.8. The summed E-state index contributed by atoms with van der Waals surface area (Å²) in [6, 6.07) is 23.2. The van der Waals surface area contributed by atoms with Crippen molar-refractivity contribution in [3.05, 3.63) is 107 Å². The molecule has 2 saturated carbocycles. The lowest BCUT2D eigenvalue weighted by Crippen LogP contribution is -2.50. The second-order valence-corrected chi connectivity index (χ2v) is 25.0. The van der Waals surface area contributed by atoms with Crippen LogP contribution in [0.2, 0.25) is 0 Å². The molecular formula is C62H74N14O6. The number of carbonyl (C=O) groups is 4. The lowest BCUT2D eigenvalue weighted by molar-refractivity contribution is -0.157. The van der Waals surface area contributed by atoms with Crippen LogP contribution in [-0.4, -0.2) is 121 Å². The van der Waals surface area contributed by atoms with Crippen LogP contribution in [0.25, 0.3) is 77.6 Å². The van der Waals surface area contributed by atoms with Crippen LogP contribution < -0.4 is 5.73 Å². The van der Waals surface area contributed by atoms with E-state index in [0.29, 0.717) is 62.0 Å². The second-order valence-electron chi connectivity index (χ2n) is 25.0. The van der Waals surface area contributed by atoms with Gasteiger partial charge < -0.3 is 43.3 Å². The van der Waals surface area contributed by atoms with Crippen LogP contribution in [0.5, 0.6) is 0 Å². The number of azide groups is 1. The Morgan fingerprint density at radius 3 is 1.54 bits per heavy atom. The van der Waals surface area contributed by atoms with Crippen LogP contribution >= 0.6 is 0 Å². The smallest absolute Gasteiger partial charge is 0.306 e. The van der Waals surface area contributed by atoms with Gasteiger partial charge in [0.15, 0.2) is 11.6 Å². The number of rotatable bonds is 13. The summed E-state index contributed by atoms with van der Waals surface area (Å²) in [7, 11) is 4.02. The van der Waals surface area contributed by atoms with E-state index in [2.05, 4.69) is 62.5 Å². The Balaban J connectivity index is 0.000000172. The van der Waals surface area contributed by atoms with Gasteiger partial charge in [0.1, 0.15) is 22.5 Å². The molecule has 2 aliphatic carbocycles. The summed E-state index contributed by atoms with van der Waals surface area (Å²) in [5, 5.41) is 6.11. The van der Waals surface area contributed by atoms with Crippen molar-refractivity contribution in [2.24, 2.45) is 48.6 Å². The van der Waals surface area contributed by atoms with E-state index in [1.807, 2.05) is 121 Å². The molecule has 20 heteroatoms. The molecule has 20 nitrogen and oxygen atoms in total. The molecular weight excluding hydrogens is 1040 g/mol. The van der Waals surface area contributed by atoms with Gasteiger partial charge in [-0.05, 0) is 176 Å². The van der Waals surface area contributed by atoms with Gasteiger partial charge >= 0.3 is 11.9 Å². The number of amides is 2. The minimum Gasteiger partial charge on any atom is -0.460 e. The molecule has 0 spiro atoms. The molecule has 428 valence electrons. The quantitative estimate of drug-likeness (QED) is 0.0493. The minimum atomic E-state index is -0.616. The molecule has 2 aromatic carbocycles. The van der Waals surface area contributed by atoms with Crippen LogP contribution in [0.4, 0.5) is 0 Å². The Kier molecular flexibility index (Phi) is 15.2. The van der Waals surface area contributed by atoms with Gasteiger partial charge in [-0.25, -0.2) is 19.9 Å². The topological polar surface area (TPSA) is 239 Å². The number of ether oxygens (including phenoxy) is 2. The highest BCUT2D eigenvalue weighted by molar-refractivity contribution is 5.99. The number of piperidine rings is 2. The molecule has 4 atom stereocenters. The zero-order valence-electron chi connectivity index (χ0n) is 48.3. The first-order valence-electron chi connectivity index (χ1n) is 28.8. The van der Waals surface area contributed by atoms with E-state index < -0.39 is 11.2 Å². The average Bonchev–Trinajstić information content (AvgIpc) is 3.82. The number of hydrogen-bond acceptors (Lipinski definition) is 12. The normalized spacial score (nSPS) is 19.5. The molecule has 8 heterocycles. The fourth-order valence-corrected chi connectivity index (χ4v) is 11.8. The predicted molar refractivity (Wildman–Crippen MR) is 314 cm³/mol. The van der Waals surface area contributed by atoms with Crippen LogP contribution in [0.1, 0.15) is 114 Å². The Morgan fingerprint density at radius 2 is 1.09 bits per heavy atom. The predicted octanol–water partition coefficient (Wildman–Crippen LogP) is 10.4. The molecule has 2 amide bonds. The minimum absolute atomic E-state index is 0.0674. The maximum absolute atomic E-state index is 13.7. The highest BCUT2D eigenvalue weighted by Gasteiger charge is 2.36. The molecule has 6 aromatic heterocycles. The van der Waals surface area contributed by atoms with Crippen molar-refractivity contribution in [1.82, 2.24) is 48.0 Å². The number of carbonyl (C=O) groups excluding carboxylic acids is 4. The summed E-state index contributed by atoms with van der Waals surface area (Å²) in [5.41, 5.74) is 22.8. The van der Waals surface area contributed by atoms with Gasteiger partial charge in [0.05, 0.1) is 46.3 Å². The number of nitrogens with two attached hydrogens (primary N) is 1. The molecule has 82 heavy (non-hydrogen) atoms. The first-order valence-corrected chi connectivity index (χ1v) is 28.8.